The number of hydrogen-bond donors (Lipinski definition) is 2. The SMILES string of the molecule is CC(C)N1C(=O)NC2(CCN(c3cc(Cl)cc4[nH]ccc34)CC2)C1=O. The normalized spacial score (nSPS) is 20.2. The molecular formula is C18H21ClN4O2. The molecule has 2 aromatic rings. The second-order valence-electron chi connectivity index (χ2n) is 7.13. The number of carbonyl (C=O) groups is 2. The van der Waals surface area contributed by atoms with Crippen molar-refractivity contribution < 1.29 is 9.59 Å². The number of aromatic nitrogens is 1. The Morgan fingerprint density at radius 1 is 1.20 bits per heavy atom. The molecule has 2 aliphatic heterocycles. The maximum atomic E-state index is 12.8. The summed E-state index contributed by atoms with van der Waals surface area (Å²) in [5, 5.41) is 4.74. The molecule has 6 nitrogen and oxygen atoms in total. The van der Waals surface area contributed by atoms with Crippen LogP contribution in [0.1, 0.15) is 26.7 Å². The number of aromatic amines is 1. The van der Waals surface area contributed by atoms with Crippen LogP contribution in [0.2, 0.25) is 5.02 Å². The summed E-state index contributed by atoms with van der Waals surface area (Å²) in [6, 6.07) is 5.51. The summed E-state index contributed by atoms with van der Waals surface area (Å²) in [6.45, 7) is 5.11. The van der Waals surface area contributed by atoms with Crippen LogP contribution in [0.5, 0.6) is 0 Å². The molecule has 2 fully saturated rings. The molecule has 0 saturated carbocycles. The third-order valence-corrected chi connectivity index (χ3v) is 5.50. The van der Waals surface area contributed by atoms with Crippen molar-refractivity contribution in [1.82, 2.24) is 15.2 Å². The summed E-state index contributed by atoms with van der Waals surface area (Å²) in [5.74, 6) is -0.0926. The minimum atomic E-state index is -0.756. The van der Waals surface area contributed by atoms with Crippen LogP contribution in [-0.4, -0.2) is 46.5 Å². The Morgan fingerprint density at radius 2 is 1.92 bits per heavy atom. The van der Waals surface area contributed by atoms with E-state index in [1.54, 1.807) is 0 Å². The van der Waals surface area contributed by atoms with Crippen molar-refractivity contribution in [3.63, 3.8) is 0 Å². The fraction of sp³-hybridized carbons (Fsp3) is 0.444. The summed E-state index contributed by atoms with van der Waals surface area (Å²) < 4.78 is 0. The standard InChI is InChI=1S/C18H21ClN4O2/c1-11(2)23-16(24)18(21-17(23)25)4-7-22(8-5-18)15-10-12(19)9-14-13(15)3-6-20-14/h3,6,9-11,20H,4-5,7-8H2,1-2H3,(H,21,25). The first-order valence-electron chi connectivity index (χ1n) is 8.59. The van der Waals surface area contributed by atoms with Crippen LogP contribution >= 0.6 is 11.6 Å². The van der Waals surface area contributed by atoms with E-state index in [2.05, 4.69) is 15.2 Å². The number of rotatable bonds is 2. The van der Waals surface area contributed by atoms with Gasteiger partial charge in [0.05, 0.1) is 0 Å². The number of urea groups is 1. The van der Waals surface area contributed by atoms with E-state index in [1.807, 2.05) is 38.2 Å². The molecule has 0 bridgehead atoms. The number of fused-ring (bicyclic) bond motifs is 1. The Balaban J connectivity index is 1.59. The van der Waals surface area contributed by atoms with Crippen LogP contribution in [-0.2, 0) is 4.79 Å². The fourth-order valence-electron chi connectivity index (χ4n) is 3.95. The number of halogens is 1. The van der Waals surface area contributed by atoms with Crippen molar-refractivity contribution in [2.45, 2.75) is 38.3 Å². The van der Waals surface area contributed by atoms with Gasteiger partial charge in [0, 0.05) is 46.9 Å². The number of H-pyrrole nitrogens is 1. The maximum absolute atomic E-state index is 12.8. The molecule has 2 saturated heterocycles. The molecule has 7 heteroatoms. The lowest BCUT2D eigenvalue weighted by Crippen LogP contribution is -2.55. The van der Waals surface area contributed by atoms with Gasteiger partial charge in [0.25, 0.3) is 5.91 Å². The third kappa shape index (κ3) is 2.47. The first-order chi connectivity index (χ1) is 11.9. The van der Waals surface area contributed by atoms with Gasteiger partial charge in [-0.15, -0.1) is 0 Å². The predicted octanol–water partition coefficient (Wildman–Crippen LogP) is 3.12. The Labute approximate surface area is 151 Å². The quantitative estimate of drug-likeness (QED) is 0.808. The molecular weight excluding hydrogens is 340 g/mol. The highest BCUT2D eigenvalue weighted by Crippen LogP contribution is 2.36. The molecule has 2 N–H and O–H groups in total. The lowest BCUT2D eigenvalue weighted by atomic mass is 9.87. The van der Waals surface area contributed by atoms with Gasteiger partial charge in [-0.05, 0) is 44.9 Å². The average molecular weight is 361 g/mol. The highest BCUT2D eigenvalue weighted by molar-refractivity contribution is 6.31. The number of piperidine rings is 1. The van der Waals surface area contributed by atoms with E-state index in [4.69, 9.17) is 11.6 Å². The van der Waals surface area contributed by atoms with Gasteiger partial charge in [0.1, 0.15) is 5.54 Å². The lowest BCUT2D eigenvalue weighted by Gasteiger charge is -2.39. The Kier molecular flexibility index (Phi) is 3.68. The van der Waals surface area contributed by atoms with Gasteiger partial charge in [-0.2, -0.15) is 0 Å². The van der Waals surface area contributed by atoms with E-state index in [1.165, 1.54) is 4.90 Å². The van der Waals surface area contributed by atoms with E-state index < -0.39 is 5.54 Å². The molecule has 0 radical (unpaired) electrons. The monoisotopic (exact) mass is 360 g/mol. The molecule has 25 heavy (non-hydrogen) atoms. The number of anilines is 1. The van der Waals surface area contributed by atoms with Crippen molar-refractivity contribution >= 4 is 40.1 Å². The number of hydrogen-bond acceptors (Lipinski definition) is 3. The Morgan fingerprint density at radius 3 is 2.56 bits per heavy atom. The van der Waals surface area contributed by atoms with Gasteiger partial charge in [0.15, 0.2) is 0 Å². The average Bonchev–Trinajstić information content (AvgIpc) is 3.10. The van der Waals surface area contributed by atoms with Gasteiger partial charge in [-0.1, -0.05) is 11.6 Å². The first-order valence-corrected chi connectivity index (χ1v) is 8.96. The van der Waals surface area contributed by atoms with Crippen LogP contribution in [0.4, 0.5) is 10.5 Å². The summed E-state index contributed by atoms with van der Waals surface area (Å²) in [6.07, 6.45) is 3.09. The van der Waals surface area contributed by atoms with Crippen molar-refractivity contribution in [2.75, 3.05) is 18.0 Å². The van der Waals surface area contributed by atoms with Crippen LogP contribution in [0, 0.1) is 0 Å². The molecule has 3 amide bonds. The van der Waals surface area contributed by atoms with Gasteiger partial charge in [-0.3, -0.25) is 9.69 Å². The Hall–Kier alpha value is -2.21. The largest absolute Gasteiger partial charge is 0.371 e. The van der Waals surface area contributed by atoms with Gasteiger partial charge in [0.2, 0.25) is 0 Å². The molecule has 3 heterocycles. The molecule has 1 spiro atoms. The zero-order valence-electron chi connectivity index (χ0n) is 14.3. The Bertz CT molecular complexity index is 852. The highest BCUT2D eigenvalue weighted by Gasteiger charge is 2.53. The summed E-state index contributed by atoms with van der Waals surface area (Å²) in [5.41, 5.74) is 1.31. The van der Waals surface area contributed by atoms with Crippen LogP contribution < -0.4 is 10.2 Å². The van der Waals surface area contributed by atoms with Gasteiger partial charge in [-0.25, -0.2) is 4.79 Å². The molecule has 0 atom stereocenters. The van der Waals surface area contributed by atoms with Crippen molar-refractivity contribution in [3.8, 4) is 0 Å². The summed E-state index contributed by atoms with van der Waals surface area (Å²) in [7, 11) is 0. The molecule has 0 aliphatic carbocycles. The predicted molar refractivity (Wildman–Crippen MR) is 98.0 cm³/mol. The molecule has 1 aromatic carbocycles. The van der Waals surface area contributed by atoms with E-state index in [9.17, 15) is 9.59 Å². The van der Waals surface area contributed by atoms with Crippen LogP contribution in [0.3, 0.4) is 0 Å². The zero-order valence-corrected chi connectivity index (χ0v) is 15.1. The minimum Gasteiger partial charge on any atom is -0.371 e. The van der Waals surface area contributed by atoms with Gasteiger partial charge >= 0.3 is 6.03 Å². The number of nitrogens with one attached hydrogen (secondary N) is 2. The summed E-state index contributed by atoms with van der Waals surface area (Å²) in [4.78, 5) is 31.8. The van der Waals surface area contributed by atoms with Gasteiger partial charge < -0.3 is 15.2 Å². The zero-order chi connectivity index (χ0) is 17.8. The van der Waals surface area contributed by atoms with E-state index >= 15 is 0 Å². The van der Waals surface area contributed by atoms with E-state index in [0.717, 1.165) is 16.6 Å². The summed E-state index contributed by atoms with van der Waals surface area (Å²) >= 11 is 6.25. The smallest absolute Gasteiger partial charge is 0.325 e. The lowest BCUT2D eigenvalue weighted by molar-refractivity contribution is -0.133. The van der Waals surface area contributed by atoms with Crippen LogP contribution in [0.15, 0.2) is 24.4 Å². The van der Waals surface area contributed by atoms with Crippen LogP contribution in [0.25, 0.3) is 10.9 Å². The number of amides is 3. The molecule has 1 aromatic heterocycles. The van der Waals surface area contributed by atoms with E-state index in [0.29, 0.717) is 31.0 Å². The topological polar surface area (TPSA) is 68.4 Å². The maximum Gasteiger partial charge on any atom is 0.325 e. The highest BCUT2D eigenvalue weighted by atomic mass is 35.5. The number of nitrogens with zero attached hydrogens (tertiary/aromatic N) is 2. The second kappa shape index (κ2) is 5.66. The molecule has 0 unspecified atom stereocenters. The number of benzene rings is 1. The fourth-order valence-corrected chi connectivity index (χ4v) is 4.17. The molecule has 4 rings (SSSR count). The van der Waals surface area contributed by atoms with E-state index in [-0.39, 0.29) is 18.0 Å². The molecule has 132 valence electrons. The number of carbonyl (C=O) groups excluding carboxylic acids is 2. The molecule has 2 aliphatic rings. The minimum absolute atomic E-state index is 0.0926. The van der Waals surface area contributed by atoms with Crippen molar-refractivity contribution in [3.05, 3.63) is 29.4 Å². The number of imide groups is 1. The third-order valence-electron chi connectivity index (χ3n) is 5.28. The van der Waals surface area contributed by atoms with Crippen molar-refractivity contribution in [2.24, 2.45) is 0 Å². The second-order valence-corrected chi connectivity index (χ2v) is 7.57. The van der Waals surface area contributed by atoms with Crippen molar-refractivity contribution in [1.29, 1.82) is 0 Å². The first kappa shape index (κ1) is 16.3.